The number of aromatic nitrogens is 3. The van der Waals surface area contributed by atoms with Crippen molar-refractivity contribution in [2.45, 2.75) is 13.8 Å². The highest BCUT2D eigenvalue weighted by atomic mass is 35.5. The molecule has 1 aromatic carbocycles. The monoisotopic (exact) mass is 310 g/mol. The van der Waals surface area contributed by atoms with Crippen LogP contribution in [0.15, 0.2) is 30.8 Å². The second-order valence-electron chi connectivity index (χ2n) is 5.07. The van der Waals surface area contributed by atoms with Gasteiger partial charge in [0.1, 0.15) is 11.3 Å². The second-order valence-corrected chi connectivity index (χ2v) is 5.47. The number of anilines is 1. The summed E-state index contributed by atoms with van der Waals surface area (Å²) in [6.45, 7) is 7.64. The van der Waals surface area contributed by atoms with Gasteiger partial charge < -0.3 is 5.73 Å². The Balaban J connectivity index is 2.38. The summed E-state index contributed by atoms with van der Waals surface area (Å²) in [5.41, 5.74) is 10.9. The SMILES string of the molecule is C=Cc1cc2nc(C)nc(N)c2nc1-c1cccc(Cl)c1C. The molecule has 0 aliphatic heterocycles. The average Bonchev–Trinajstić information content (AvgIpc) is 2.49. The number of rotatable bonds is 2. The molecule has 0 saturated carbocycles. The quantitative estimate of drug-likeness (QED) is 0.771. The summed E-state index contributed by atoms with van der Waals surface area (Å²) >= 11 is 6.23. The van der Waals surface area contributed by atoms with Gasteiger partial charge in [-0.25, -0.2) is 15.0 Å². The van der Waals surface area contributed by atoms with Crippen LogP contribution in [0.3, 0.4) is 0 Å². The predicted molar refractivity (Wildman–Crippen MR) is 91.8 cm³/mol. The molecule has 0 unspecified atom stereocenters. The van der Waals surface area contributed by atoms with Crippen LogP contribution in [-0.2, 0) is 0 Å². The van der Waals surface area contributed by atoms with Gasteiger partial charge in [0, 0.05) is 16.1 Å². The fourth-order valence-corrected chi connectivity index (χ4v) is 2.63. The minimum Gasteiger partial charge on any atom is -0.382 e. The van der Waals surface area contributed by atoms with E-state index in [-0.39, 0.29) is 0 Å². The van der Waals surface area contributed by atoms with E-state index in [9.17, 15) is 0 Å². The third-order valence-corrected chi connectivity index (χ3v) is 3.99. The highest BCUT2D eigenvalue weighted by molar-refractivity contribution is 6.31. The molecule has 3 aromatic rings. The summed E-state index contributed by atoms with van der Waals surface area (Å²) in [5.74, 6) is 0.993. The number of nitrogens with zero attached hydrogens (tertiary/aromatic N) is 3. The van der Waals surface area contributed by atoms with Crippen molar-refractivity contribution >= 4 is 34.5 Å². The molecule has 0 atom stereocenters. The number of hydrogen-bond acceptors (Lipinski definition) is 4. The maximum atomic E-state index is 6.23. The summed E-state index contributed by atoms with van der Waals surface area (Å²) < 4.78 is 0. The van der Waals surface area contributed by atoms with Crippen molar-refractivity contribution in [3.05, 3.63) is 52.8 Å². The van der Waals surface area contributed by atoms with Gasteiger partial charge in [-0.15, -0.1) is 0 Å². The molecule has 0 saturated heterocycles. The minimum atomic E-state index is 0.374. The normalized spacial score (nSPS) is 10.9. The Hall–Kier alpha value is -2.46. The van der Waals surface area contributed by atoms with Crippen LogP contribution in [0.4, 0.5) is 5.82 Å². The fourth-order valence-electron chi connectivity index (χ4n) is 2.45. The van der Waals surface area contributed by atoms with Gasteiger partial charge in [-0.2, -0.15) is 0 Å². The Kier molecular flexibility index (Phi) is 3.54. The lowest BCUT2D eigenvalue weighted by Gasteiger charge is -2.12. The van der Waals surface area contributed by atoms with Gasteiger partial charge in [-0.05, 0) is 31.5 Å². The number of fused-ring (bicyclic) bond motifs is 1. The Bertz CT molecular complexity index is 903. The van der Waals surface area contributed by atoms with Crippen LogP contribution in [0.5, 0.6) is 0 Å². The van der Waals surface area contributed by atoms with Crippen LogP contribution in [0.2, 0.25) is 5.02 Å². The highest BCUT2D eigenvalue weighted by Gasteiger charge is 2.14. The van der Waals surface area contributed by atoms with Crippen molar-refractivity contribution in [3.8, 4) is 11.3 Å². The van der Waals surface area contributed by atoms with Crippen LogP contribution in [0.25, 0.3) is 28.4 Å². The van der Waals surface area contributed by atoms with Crippen molar-refractivity contribution in [1.29, 1.82) is 0 Å². The Morgan fingerprint density at radius 2 is 1.95 bits per heavy atom. The van der Waals surface area contributed by atoms with Crippen LogP contribution < -0.4 is 5.73 Å². The van der Waals surface area contributed by atoms with E-state index < -0.39 is 0 Å². The molecule has 22 heavy (non-hydrogen) atoms. The van der Waals surface area contributed by atoms with E-state index in [2.05, 4.69) is 21.5 Å². The number of halogens is 1. The zero-order valence-electron chi connectivity index (χ0n) is 12.4. The molecule has 0 amide bonds. The molecule has 110 valence electrons. The zero-order valence-corrected chi connectivity index (χ0v) is 13.1. The number of nitrogen functional groups attached to an aromatic ring is 1. The fraction of sp³-hybridized carbons (Fsp3) is 0.118. The number of hydrogen-bond donors (Lipinski definition) is 1. The molecule has 5 heteroatoms. The topological polar surface area (TPSA) is 64.7 Å². The van der Waals surface area contributed by atoms with E-state index in [1.165, 1.54) is 0 Å². The maximum Gasteiger partial charge on any atom is 0.153 e. The third-order valence-electron chi connectivity index (χ3n) is 3.58. The van der Waals surface area contributed by atoms with Gasteiger partial charge in [0.05, 0.1) is 11.2 Å². The van der Waals surface area contributed by atoms with Crippen molar-refractivity contribution in [1.82, 2.24) is 15.0 Å². The summed E-state index contributed by atoms with van der Waals surface area (Å²) in [6.07, 6.45) is 1.76. The summed E-state index contributed by atoms with van der Waals surface area (Å²) in [5, 5.41) is 0.697. The molecule has 0 radical (unpaired) electrons. The van der Waals surface area contributed by atoms with Crippen molar-refractivity contribution in [2.24, 2.45) is 0 Å². The van der Waals surface area contributed by atoms with Gasteiger partial charge in [-0.3, -0.25) is 0 Å². The second kappa shape index (κ2) is 5.39. The molecule has 0 spiro atoms. The van der Waals surface area contributed by atoms with Crippen LogP contribution >= 0.6 is 11.6 Å². The molecule has 0 aliphatic carbocycles. The molecule has 2 N–H and O–H groups in total. The number of nitrogens with two attached hydrogens (primary N) is 1. The lowest BCUT2D eigenvalue weighted by Crippen LogP contribution is -2.01. The zero-order chi connectivity index (χ0) is 15.9. The molecule has 0 aliphatic rings. The Labute approximate surface area is 133 Å². The van der Waals surface area contributed by atoms with E-state index in [4.69, 9.17) is 17.3 Å². The van der Waals surface area contributed by atoms with E-state index in [0.717, 1.165) is 22.4 Å². The van der Waals surface area contributed by atoms with E-state index >= 15 is 0 Å². The van der Waals surface area contributed by atoms with E-state index in [1.807, 2.05) is 31.2 Å². The van der Waals surface area contributed by atoms with Crippen LogP contribution in [-0.4, -0.2) is 15.0 Å². The standard InChI is InChI=1S/C17H15ClN4/c1-4-11-8-14-16(17(19)21-10(3)20-14)22-15(11)12-6-5-7-13(18)9(12)2/h4-8H,1H2,2-3H3,(H2,19,20,21). The Morgan fingerprint density at radius 3 is 2.68 bits per heavy atom. The molecule has 3 rings (SSSR count). The van der Waals surface area contributed by atoms with Crippen molar-refractivity contribution in [3.63, 3.8) is 0 Å². The van der Waals surface area contributed by atoms with Gasteiger partial charge >= 0.3 is 0 Å². The smallest absolute Gasteiger partial charge is 0.153 e. The summed E-state index contributed by atoms with van der Waals surface area (Å²) in [4.78, 5) is 13.3. The molecule has 2 aromatic heterocycles. The lowest BCUT2D eigenvalue weighted by molar-refractivity contribution is 1.09. The highest BCUT2D eigenvalue weighted by Crippen LogP contribution is 2.32. The number of benzene rings is 1. The maximum absolute atomic E-state index is 6.23. The Morgan fingerprint density at radius 1 is 1.18 bits per heavy atom. The lowest BCUT2D eigenvalue weighted by atomic mass is 10.0. The van der Waals surface area contributed by atoms with Gasteiger partial charge in [0.15, 0.2) is 5.82 Å². The molecular weight excluding hydrogens is 296 g/mol. The van der Waals surface area contributed by atoms with Gasteiger partial charge in [0.2, 0.25) is 0 Å². The van der Waals surface area contributed by atoms with Gasteiger partial charge in [-0.1, -0.05) is 36.4 Å². The first-order valence-electron chi connectivity index (χ1n) is 6.84. The van der Waals surface area contributed by atoms with Crippen LogP contribution in [0, 0.1) is 13.8 Å². The third kappa shape index (κ3) is 2.31. The van der Waals surface area contributed by atoms with Crippen LogP contribution in [0.1, 0.15) is 17.0 Å². The average molecular weight is 311 g/mol. The largest absolute Gasteiger partial charge is 0.382 e. The van der Waals surface area contributed by atoms with Crippen molar-refractivity contribution in [2.75, 3.05) is 5.73 Å². The first kappa shape index (κ1) is 14.5. The van der Waals surface area contributed by atoms with Crippen molar-refractivity contribution < 1.29 is 0 Å². The molecule has 2 heterocycles. The molecular formula is C17H15ClN4. The molecule has 0 bridgehead atoms. The first-order chi connectivity index (χ1) is 10.5. The van der Waals surface area contributed by atoms with E-state index in [0.29, 0.717) is 27.7 Å². The van der Waals surface area contributed by atoms with E-state index in [1.54, 1.807) is 13.0 Å². The predicted octanol–water partition coefficient (Wildman–Crippen LogP) is 4.19. The summed E-state index contributed by atoms with van der Waals surface area (Å²) in [6, 6.07) is 7.66. The summed E-state index contributed by atoms with van der Waals surface area (Å²) in [7, 11) is 0. The minimum absolute atomic E-state index is 0.374. The molecule has 4 nitrogen and oxygen atoms in total. The number of aryl methyl sites for hydroxylation is 1. The first-order valence-corrected chi connectivity index (χ1v) is 7.22. The van der Waals surface area contributed by atoms with Gasteiger partial charge in [0.25, 0.3) is 0 Å². The number of pyridine rings is 1. The molecule has 0 fully saturated rings.